The molecule has 1 aromatic rings. The van der Waals surface area contributed by atoms with Crippen LogP contribution in [0.15, 0.2) is 30.3 Å². The number of likely N-dealkylation sites (N-methyl/N-ethyl adjacent to an activating group) is 1. The van der Waals surface area contributed by atoms with Gasteiger partial charge < -0.3 is 15.5 Å². The van der Waals surface area contributed by atoms with Crippen molar-refractivity contribution in [3.05, 3.63) is 30.3 Å². The predicted octanol–water partition coefficient (Wildman–Crippen LogP) is 2.05. The highest BCUT2D eigenvalue weighted by Crippen LogP contribution is 2.33. The Labute approximate surface area is 149 Å². The van der Waals surface area contributed by atoms with Gasteiger partial charge in [-0.2, -0.15) is 0 Å². The minimum atomic E-state index is -0.346. The molecular formula is C18H26ClN3O2. The van der Waals surface area contributed by atoms with Crippen LogP contribution in [0, 0.1) is 11.8 Å². The van der Waals surface area contributed by atoms with E-state index in [9.17, 15) is 9.59 Å². The van der Waals surface area contributed by atoms with Crippen LogP contribution in [0.2, 0.25) is 0 Å². The van der Waals surface area contributed by atoms with E-state index in [0.717, 1.165) is 24.9 Å². The number of rotatable bonds is 4. The fraction of sp³-hybridized carbons (Fsp3) is 0.556. The quantitative estimate of drug-likeness (QED) is 0.902. The van der Waals surface area contributed by atoms with Crippen molar-refractivity contribution in [1.82, 2.24) is 4.90 Å². The second-order valence-corrected chi connectivity index (χ2v) is 6.61. The summed E-state index contributed by atoms with van der Waals surface area (Å²) in [6, 6.07) is 9.31. The minimum Gasteiger partial charge on any atom is -0.333 e. The van der Waals surface area contributed by atoms with Crippen molar-refractivity contribution in [3.8, 4) is 0 Å². The molecule has 24 heavy (non-hydrogen) atoms. The molecule has 0 bridgehead atoms. The Morgan fingerprint density at radius 2 is 1.96 bits per heavy atom. The highest BCUT2D eigenvalue weighted by molar-refractivity contribution is 6.01. The molecule has 1 heterocycles. The monoisotopic (exact) mass is 351 g/mol. The number of carbonyl (C=O) groups excluding carboxylic acids is 2. The van der Waals surface area contributed by atoms with Gasteiger partial charge in [0.1, 0.15) is 6.04 Å². The van der Waals surface area contributed by atoms with Crippen molar-refractivity contribution in [2.24, 2.45) is 17.6 Å². The highest BCUT2D eigenvalue weighted by atomic mass is 35.5. The first-order valence-corrected chi connectivity index (χ1v) is 8.46. The molecule has 2 amide bonds. The Morgan fingerprint density at radius 3 is 2.62 bits per heavy atom. The number of halogens is 1. The number of carbonyl (C=O) groups is 2. The molecule has 0 radical (unpaired) electrons. The lowest BCUT2D eigenvalue weighted by Gasteiger charge is -2.28. The van der Waals surface area contributed by atoms with E-state index in [2.05, 4.69) is 0 Å². The molecule has 3 rings (SSSR count). The highest BCUT2D eigenvalue weighted by Gasteiger charge is 2.41. The Balaban J connectivity index is 0.00000208. The summed E-state index contributed by atoms with van der Waals surface area (Å²) in [6.45, 7) is 1.22. The first-order chi connectivity index (χ1) is 11.1. The van der Waals surface area contributed by atoms with Gasteiger partial charge in [0.2, 0.25) is 11.8 Å². The van der Waals surface area contributed by atoms with Crippen LogP contribution in [-0.2, 0) is 9.59 Å². The average molecular weight is 352 g/mol. The van der Waals surface area contributed by atoms with E-state index in [-0.39, 0.29) is 42.1 Å². The van der Waals surface area contributed by atoms with Gasteiger partial charge >= 0.3 is 0 Å². The second-order valence-electron chi connectivity index (χ2n) is 6.61. The standard InChI is InChI=1S/C18H25N3O2.ClH/c1-20(17(22)15-9-5-6-13(15)12-19)16-10-11-21(18(16)23)14-7-3-2-4-8-14;/h2-4,7-8,13,15-16H,5-6,9-12,19H2,1H3;1H/t13-,15-,16?;/m1./s1. The molecule has 2 fully saturated rings. The van der Waals surface area contributed by atoms with Gasteiger partial charge in [0.05, 0.1) is 0 Å². The third kappa shape index (κ3) is 3.42. The summed E-state index contributed by atoms with van der Waals surface area (Å²) >= 11 is 0. The molecule has 3 atom stereocenters. The molecule has 6 heteroatoms. The normalized spacial score (nSPS) is 26.3. The van der Waals surface area contributed by atoms with Crippen molar-refractivity contribution in [1.29, 1.82) is 0 Å². The van der Waals surface area contributed by atoms with E-state index in [1.807, 2.05) is 30.3 Å². The van der Waals surface area contributed by atoms with Gasteiger partial charge in [-0.25, -0.2) is 0 Å². The van der Waals surface area contributed by atoms with Gasteiger partial charge in [0, 0.05) is 25.2 Å². The van der Waals surface area contributed by atoms with E-state index < -0.39 is 0 Å². The summed E-state index contributed by atoms with van der Waals surface area (Å²) in [6.07, 6.45) is 3.67. The summed E-state index contributed by atoms with van der Waals surface area (Å²) in [5.41, 5.74) is 6.70. The Kier molecular flexibility index (Phi) is 6.24. The molecule has 1 aliphatic carbocycles. The number of amides is 2. The molecule has 2 aliphatic rings. The van der Waals surface area contributed by atoms with Gasteiger partial charge in [-0.3, -0.25) is 9.59 Å². The fourth-order valence-electron chi connectivity index (χ4n) is 3.95. The number of benzene rings is 1. The lowest BCUT2D eigenvalue weighted by atomic mass is 9.94. The molecule has 132 valence electrons. The third-order valence-electron chi connectivity index (χ3n) is 5.34. The zero-order valence-corrected chi connectivity index (χ0v) is 14.9. The van der Waals surface area contributed by atoms with Crippen molar-refractivity contribution >= 4 is 29.9 Å². The van der Waals surface area contributed by atoms with E-state index in [1.165, 1.54) is 0 Å². The van der Waals surface area contributed by atoms with E-state index in [4.69, 9.17) is 5.73 Å². The number of hydrogen-bond acceptors (Lipinski definition) is 3. The van der Waals surface area contributed by atoms with E-state index in [0.29, 0.717) is 19.5 Å². The number of para-hydroxylation sites is 1. The molecule has 0 aromatic heterocycles. The Bertz CT molecular complexity index is 581. The average Bonchev–Trinajstić information content (AvgIpc) is 3.20. The zero-order valence-electron chi connectivity index (χ0n) is 14.1. The van der Waals surface area contributed by atoms with Crippen LogP contribution in [0.25, 0.3) is 0 Å². The molecule has 1 saturated carbocycles. The predicted molar refractivity (Wildman–Crippen MR) is 97.1 cm³/mol. The van der Waals surface area contributed by atoms with Crippen molar-refractivity contribution in [3.63, 3.8) is 0 Å². The topological polar surface area (TPSA) is 66.6 Å². The van der Waals surface area contributed by atoms with Crippen LogP contribution in [0.3, 0.4) is 0 Å². The number of anilines is 1. The lowest BCUT2D eigenvalue weighted by Crippen LogP contribution is -2.46. The van der Waals surface area contributed by atoms with Crippen LogP contribution >= 0.6 is 12.4 Å². The molecule has 0 spiro atoms. The molecule has 5 nitrogen and oxygen atoms in total. The number of nitrogens with zero attached hydrogens (tertiary/aromatic N) is 2. The molecule has 1 unspecified atom stereocenters. The van der Waals surface area contributed by atoms with E-state index >= 15 is 0 Å². The van der Waals surface area contributed by atoms with Crippen LogP contribution in [0.5, 0.6) is 0 Å². The molecule has 2 N–H and O–H groups in total. The third-order valence-corrected chi connectivity index (χ3v) is 5.34. The zero-order chi connectivity index (χ0) is 16.4. The van der Waals surface area contributed by atoms with E-state index in [1.54, 1.807) is 16.8 Å². The molecule has 1 aliphatic heterocycles. The fourth-order valence-corrected chi connectivity index (χ4v) is 3.95. The minimum absolute atomic E-state index is 0. The van der Waals surface area contributed by atoms with Crippen LogP contribution < -0.4 is 10.6 Å². The lowest BCUT2D eigenvalue weighted by molar-refractivity contribution is -0.141. The SMILES string of the molecule is CN(C(=O)[C@@H]1CCC[C@@H]1CN)C1CCN(c2ccccc2)C1=O.Cl. The maximum atomic E-state index is 12.8. The van der Waals surface area contributed by atoms with Crippen molar-refractivity contribution < 1.29 is 9.59 Å². The first kappa shape index (κ1) is 18.7. The van der Waals surface area contributed by atoms with Gasteiger partial charge in [0.15, 0.2) is 0 Å². The van der Waals surface area contributed by atoms with Crippen LogP contribution in [0.4, 0.5) is 5.69 Å². The summed E-state index contributed by atoms with van der Waals surface area (Å²) in [7, 11) is 1.77. The summed E-state index contributed by atoms with van der Waals surface area (Å²) in [5.74, 6) is 0.371. The Hall–Kier alpha value is -1.59. The number of nitrogens with two attached hydrogens (primary N) is 1. The largest absolute Gasteiger partial charge is 0.333 e. The van der Waals surface area contributed by atoms with Crippen molar-refractivity contribution in [2.45, 2.75) is 31.7 Å². The maximum Gasteiger partial charge on any atom is 0.249 e. The smallest absolute Gasteiger partial charge is 0.249 e. The van der Waals surface area contributed by atoms with Gasteiger partial charge in [-0.1, -0.05) is 24.6 Å². The maximum absolute atomic E-state index is 12.8. The first-order valence-electron chi connectivity index (χ1n) is 8.46. The Morgan fingerprint density at radius 1 is 1.25 bits per heavy atom. The van der Waals surface area contributed by atoms with Gasteiger partial charge in [0.25, 0.3) is 0 Å². The second kappa shape index (κ2) is 7.99. The van der Waals surface area contributed by atoms with Gasteiger partial charge in [-0.15, -0.1) is 12.4 Å². The summed E-state index contributed by atoms with van der Waals surface area (Å²) in [5, 5.41) is 0. The van der Waals surface area contributed by atoms with Crippen molar-refractivity contribution in [2.75, 3.05) is 25.0 Å². The van der Waals surface area contributed by atoms with Crippen LogP contribution in [-0.4, -0.2) is 42.9 Å². The molecular weight excluding hydrogens is 326 g/mol. The van der Waals surface area contributed by atoms with Gasteiger partial charge in [-0.05, 0) is 43.9 Å². The number of hydrogen-bond donors (Lipinski definition) is 1. The summed E-state index contributed by atoms with van der Waals surface area (Å²) < 4.78 is 0. The molecule has 1 saturated heterocycles. The summed E-state index contributed by atoms with van der Waals surface area (Å²) in [4.78, 5) is 29.0. The van der Waals surface area contributed by atoms with Crippen LogP contribution in [0.1, 0.15) is 25.7 Å². The molecule has 1 aromatic carbocycles.